The summed E-state index contributed by atoms with van der Waals surface area (Å²) in [6.07, 6.45) is 8.81. The number of aromatic nitrogens is 1. The molecule has 0 saturated heterocycles. The fraction of sp³-hybridized carbons (Fsp3) is 0.250. The van der Waals surface area contributed by atoms with E-state index in [-0.39, 0.29) is 5.91 Å². The minimum atomic E-state index is -0.440. The summed E-state index contributed by atoms with van der Waals surface area (Å²) >= 11 is 0. The molecule has 1 atom stereocenters. The van der Waals surface area contributed by atoms with Crippen molar-refractivity contribution in [3.05, 3.63) is 65.5 Å². The topological polar surface area (TPSA) is 59.1 Å². The molecule has 4 heteroatoms. The number of pyridine rings is 1. The fourth-order valence-corrected chi connectivity index (χ4v) is 2.34. The van der Waals surface area contributed by atoms with Crippen LogP contribution in [0.25, 0.3) is 12.2 Å². The van der Waals surface area contributed by atoms with E-state index in [2.05, 4.69) is 17.2 Å². The Morgan fingerprint density at radius 3 is 2.67 bits per heavy atom. The Bertz CT molecular complexity index is 696. The van der Waals surface area contributed by atoms with Crippen molar-refractivity contribution in [3.63, 3.8) is 0 Å². The van der Waals surface area contributed by atoms with Crippen LogP contribution >= 0.6 is 0 Å². The summed E-state index contributed by atoms with van der Waals surface area (Å²) in [6.45, 7) is 2.06. The van der Waals surface area contributed by atoms with Crippen molar-refractivity contribution in [2.75, 3.05) is 0 Å². The maximum Gasteiger partial charge on any atom is 0.252 e. The molecule has 0 aliphatic rings. The number of unbranched alkanes of at least 4 members (excludes halogenated alkanes) is 1. The predicted molar refractivity (Wildman–Crippen MR) is 96.5 cm³/mol. The summed E-state index contributed by atoms with van der Waals surface area (Å²) in [5, 5.41) is 2.80. The molecule has 0 saturated carbocycles. The zero-order valence-corrected chi connectivity index (χ0v) is 13.8. The molecule has 0 aliphatic carbocycles. The summed E-state index contributed by atoms with van der Waals surface area (Å²) in [5.41, 5.74) is 2.16. The number of benzene rings is 1. The highest BCUT2D eigenvalue weighted by atomic mass is 16.2. The van der Waals surface area contributed by atoms with E-state index in [4.69, 9.17) is 0 Å². The van der Waals surface area contributed by atoms with Crippen LogP contribution < -0.4 is 5.32 Å². The lowest BCUT2D eigenvalue weighted by Crippen LogP contribution is -2.36. The average molecular weight is 322 g/mol. The van der Waals surface area contributed by atoms with E-state index in [9.17, 15) is 9.59 Å². The molecule has 4 nitrogen and oxygen atoms in total. The van der Waals surface area contributed by atoms with Gasteiger partial charge in [-0.25, -0.2) is 0 Å². The standard InChI is InChI=1S/C20H22N2O2/c1-2-3-9-18(15-23)22-20(24)19-11-5-4-8-16(19)12-13-17-10-6-7-14-21-17/h4-8,10-15,18H,2-3,9H2,1H3,(H,22,24). The second-order valence-corrected chi connectivity index (χ2v) is 5.53. The summed E-state index contributed by atoms with van der Waals surface area (Å²) in [7, 11) is 0. The Morgan fingerprint density at radius 2 is 1.96 bits per heavy atom. The lowest BCUT2D eigenvalue weighted by Gasteiger charge is -2.13. The molecule has 0 bridgehead atoms. The molecule has 1 unspecified atom stereocenters. The normalized spacial score (nSPS) is 12.0. The van der Waals surface area contributed by atoms with Crippen LogP contribution in [0.4, 0.5) is 0 Å². The molecule has 124 valence electrons. The summed E-state index contributed by atoms with van der Waals surface area (Å²) in [6, 6.07) is 12.5. The largest absolute Gasteiger partial charge is 0.343 e. The number of carbonyl (C=O) groups excluding carboxylic acids is 2. The molecule has 0 aliphatic heterocycles. The molecule has 1 N–H and O–H groups in total. The maximum atomic E-state index is 12.5. The monoisotopic (exact) mass is 322 g/mol. The summed E-state index contributed by atoms with van der Waals surface area (Å²) in [5.74, 6) is -0.232. The van der Waals surface area contributed by atoms with Gasteiger partial charge in [-0.15, -0.1) is 0 Å². The van der Waals surface area contributed by atoms with Crippen LogP contribution in [0.2, 0.25) is 0 Å². The molecule has 2 aromatic rings. The second kappa shape index (κ2) is 9.40. The van der Waals surface area contributed by atoms with Gasteiger partial charge in [0.2, 0.25) is 0 Å². The minimum absolute atomic E-state index is 0.232. The quantitative estimate of drug-likeness (QED) is 0.753. The van der Waals surface area contributed by atoms with E-state index < -0.39 is 6.04 Å². The van der Waals surface area contributed by atoms with Crippen LogP contribution in [-0.4, -0.2) is 23.2 Å². The SMILES string of the molecule is CCCCC(C=O)NC(=O)c1ccccc1C=Cc1ccccn1. The van der Waals surface area contributed by atoms with Gasteiger partial charge in [-0.2, -0.15) is 0 Å². The molecule has 1 aromatic heterocycles. The number of hydrogen-bond acceptors (Lipinski definition) is 3. The molecular weight excluding hydrogens is 300 g/mol. The van der Waals surface area contributed by atoms with Gasteiger partial charge in [-0.3, -0.25) is 9.78 Å². The summed E-state index contributed by atoms with van der Waals surface area (Å²) in [4.78, 5) is 27.9. The third kappa shape index (κ3) is 5.16. The van der Waals surface area contributed by atoms with Crippen molar-refractivity contribution in [2.24, 2.45) is 0 Å². The highest BCUT2D eigenvalue weighted by molar-refractivity contribution is 5.99. The van der Waals surface area contributed by atoms with Gasteiger partial charge in [0.1, 0.15) is 6.29 Å². The molecule has 0 radical (unpaired) electrons. The van der Waals surface area contributed by atoms with Gasteiger partial charge in [0.05, 0.1) is 11.7 Å². The van der Waals surface area contributed by atoms with Crippen LogP contribution in [0.15, 0.2) is 48.7 Å². The highest BCUT2D eigenvalue weighted by Gasteiger charge is 2.14. The lowest BCUT2D eigenvalue weighted by atomic mass is 10.0. The third-order valence-electron chi connectivity index (χ3n) is 3.68. The van der Waals surface area contributed by atoms with Crippen molar-refractivity contribution >= 4 is 24.3 Å². The molecule has 1 aromatic carbocycles. The molecule has 0 spiro atoms. The van der Waals surface area contributed by atoms with Crippen molar-refractivity contribution in [1.82, 2.24) is 10.3 Å². The molecule has 1 amide bonds. The first-order chi connectivity index (χ1) is 11.7. The first kappa shape index (κ1) is 17.6. The van der Waals surface area contributed by atoms with Crippen LogP contribution in [0.5, 0.6) is 0 Å². The van der Waals surface area contributed by atoms with E-state index >= 15 is 0 Å². The van der Waals surface area contributed by atoms with E-state index in [0.29, 0.717) is 12.0 Å². The second-order valence-electron chi connectivity index (χ2n) is 5.53. The van der Waals surface area contributed by atoms with Crippen molar-refractivity contribution in [3.8, 4) is 0 Å². The van der Waals surface area contributed by atoms with Gasteiger partial charge in [-0.05, 0) is 36.3 Å². The van der Waals surface area contributed by atoms with Crippen LogP contribution in [0.3, 0.4) is 0 Å². The molecule has 24 heavy (non-hydrogen) atoms. The fourth-order valence-electron chi connectivity index (χ4n) is 2.34. The van der Waals surface area contributed by atoms with E-state index in [1.807, 2.05) is 48.6 Å². The number of nitrogens with one attached hydrogen (secondary N) is 1. The average Bonchev–Trinajstić information content (AvgIpc) is 2.64. The minimum Gasteiger partial charge on any atom is -0.343 e. The van der Waals surface area contributed by atoms with Gasteiger partial charge in [0.25, 0.3) is 5.91 Å². The number of rotatable bonds is 8. The van der Waals surface area contributed by atoms with Crippen LogP contribution in [-0.2, 0) is 4.79 Å². The van der Waals surface area contributed by atoms with Gasteiger partial charge < -0.3 is 10.1 Å². The molecule has 1 heterocycles. The zero-order chi connectivity index (χ0) is 17.2. The molecule has 2 rings (SSSR count). The van der Waals surface area contributed by atoms with Crippen molar-refractivity contribution in [1.29, 1.82) is 0 Å². The van der Waals surface area contributed by atoms with E-state index in [0.717, 1.165) is 30.4 Å². The number of carbonyl (C=O) groups is 2. The summed E-state index contributed by atoms with van der Waals surface area (Å²) < 4.78 is 0. The number of hydrogen-bond donors (Lipinski definition) is 1. The highest BCUT2D eigenvalue weighted by Crippen LogP contribution is 2.13. The molecule has 0 fully saturated rings. The lowest BCUT2D eigenvalue weighted by molar-refractivity contribution is -0.109. The third-order valence-corrected chi connectivity index (χ3v) is 3.68. The van der Waals surface area contributed by atoms with Gasteiger partial charge in [0, 0.05) is 11.8 Å². The number of amides is 1. The Labute approximate surface area is 142 Å². The number of aldehydes is 1. The smallest absolute Gasteiger partial charge is 0.252 e. The van der Waals surface area contributed by atoms with E-state index in [1.165, 1.54) is 0 Å². The Morgan fingerprint density at radius 1 is 1.17 bits per heavy atom. The maximum absolute atomic E-state index is 12.5. The predicted octanol–water partition coefficient (Wildman–Crippen LogP) is 3.74. The first-order valence-corrected chi connectivity index (χ1v) is 8.19. The van der Waals surface area contributed by atoms with Gasteiger partial charge in [0.15, 0.2) is 0 Å². The Hall–Kier alpha value is -2.75. The zero-order valence-electron chi connectivity index (χ0n) is 13.8. The van der Waals surface area contributed by atoms with Crippen molar-refractivity contribution in [2.45, 2.75) is 32.2 Å². The molecular formula is C20H22N2O2. The van der Waals surface area contributed by atoms with Crippen LogP contribution in [0.1, 0.15) is 47.8 Å². The van der Waals surface area contributed by atoms with E-state index in [1.54, 1.807) is 12.3 Å². The Balaban J connectivity index is 2.14. The first-order valence-electron chi connectivity index (χ1n) is 8.19. The van der Waals surface area contributed by atoms with Crippen LogP contribution in [0, 0.1) is 0 Å². The van der Waals surface area contributed by atoms with Crippen molar-refractivity contribution < 1.29 is 9.59 Å². The van der Waals surface area contributed by atoms with Gasteiger partial charge in [-0.1, -0.05) is 50.1 Å². The van der Waals surface area contributed by atoms with Gasteiger partial charge >= 0.3 is 0 Å². The Kier molecular flexibility index (Phi) is 6.90. The number of nitrogens with zero attached hydrogens (tertiary/aromatic N) is 1.